The number of β-amino-alcohol motifs (C(OH)–C–C–N with tert-alkyl or cyclic N) is 1. The predicted octanol–water partition coefficient (Wildman–Crippen LogP) is 2.17. The molecule has 0 radical (unpaired) electrons. The monoisotopic (exact) mass is 482 g/mol. The molecule has 2 saturated heterocycles. The van der Waals surface area contributed by atoms with Gasteiger partial charge in [-0.25, -0.2) is 9.97 Å². The average Bonchev–Trinajstić information content (AvgIpc) is 2.74. The van der Waals surface area contributed by atoms with Crippen LogP contribution in [0.1, 0.15) is 30.0 Å². The molecule has 1 aromatic carbocycles. The van der Waals surface area contributed by atoms with Crippen LogP contribution in [-0.4, -0.2) is 64.7 Å². The second-order valence-corrected chi connectivity index (χ2v) is 8.68. The van der Waals surface area contributed by atoms with Crippen LogP contribution in [0, 0.1) is 11.7 Å². The molecule has 12 heteroatoms. The number of hydrogen-bond donors (Lipinski definition) is 3. The average molecular weight is 482 g/mol. The molecule has 184 valence electrons. The van der Waals surface area contributed by atoms with Crippen molar-refractivity contribution in [3.05, 3.63) is 47.5 Å². The van der Waals surface area contributed by atoms with Crippen LogP contribution in [0.15, 0.2) is 30.6 Å². The minimum absolute atomic E-state index is 0.00478. The molecule has 2 aliphatic rings. The van der Waals surface area contributed by atoms with Gasteiger partial charge < -0.3 is 21.1 Å². The molecule has 3 atom stereocenters. The summed E-state index contributed by atoms with van der Waals surface area (Å²) >= 11 is 0. The quantitative estimate of drug-likeness (QED) is 0.519. The van der Waals surface area contributed by atoms with Crippen molar-refractivity contribution in [1.29, 1.82) is 0 Å². The number of nitrogens with zero attached hydrogens (tertiary/aromatic N) is 4. The van der Waals surface area contributed by atoms with Crippen LogP contribution in [0.3, 0.4) is 0 Å². The van der Waals surface area contributed by atoms with Gasteiger partial charge in [0.05, 0.1) is 24.3 Å². The summed E-state index contributed by atoms with van der Waals surface area (Å²) in [4.78, 5) is 22.6. The zero-order valence-corrected chi connectivity index (χ0v) is 18.3. The highest BCUT2D eigenvalue weighted by molar-refractivity contribution is 5.75. The van der Waals surface area contributed by atoms with E-state index in [1.165, 1.54) is 18.5 Å². The molecule has 0 bridgehead atoms. The van der Waals surface area contributed by atoms with Crippen LogP contribution in [0.25, 0.3) is 0 Å². The largest absolute Gasteiger partial charge is 0.416 e. The van der Waals surface area contributed by atoms with Crippen LogP contribution in [0.2, 0.25) is 0 Å². The second kappa shape index (κ2) is 9.71. The van der Waals surface area contributed by atoms with E-state index >= 15 is 4.39 Å². The third-order valence-electron chi connectivity index (χ3n) is 6.40. The SMILES string of the molecule is NC(=O)CN1CCC(CNc2ncnc(N3CC[C@@H]3c3ccc(C(F)(F)F)cc3)c2F)C(O)C1. The van der Waals surface area contributed by atoms with Gasteiger partial charge in [0.2, 0.25) is 11.7 Å². The maximum absolute atomic E-state index is 15.2. The number of anilines is 2. The van der Waals surface area contributed by atoms with Crippen LogP contribution in [-0.2, 0) is 11.0 Å². The molecule has 0 saturated carbocycles. The van der Waals surface area contributed by atoms with Crippen molar-refractivity contribution in [2.45, 2.75) is 31.2 Å². The van der Waals surface area contributed by atoms with Crippen LogP contribution in [0.4, 0.5) is 29.2 Å². The van der Waals surface area contributed by atoms with Crippen LogP contribution < -0.4 is 16.0 Å². The number of hydrogen-bond acceptors (Lipinski definition) is 7. The third-order valence-corrected chi connectivity index (χ3v) is 6.40. The number of carbonyl (C=O) groups excluding carboxylic acids is 1. The Hall–Kier alpha value is -2.99. The second-order valence-electron chi connectivity index (χ2n) is 8.68. The van der Waals surface area contributed by atoms with Gasteiger partial charge in [-0.05, 0) is 37.1 Å². The fourth-order valence-corrected chi connectivity index (χ4v) is 4.44. The number of rotatable bonds is 7. The molecular weight excluding hydrogens is 456 g/mol. The first-order valence-corrected chi connectivity index (χ1v) is 11.0. The Bertz CT molecular complexity index is 1020. The summed E-state index contributed by atoms with van der Waals surface area (Å²) in [5.74, 6) is -1.20. The molecule has 1 amide bonds. The van der Waals surface area contributed by atoms with E-state index < -0.39 is 29.6 Å². The van der Waals surface area contributed by atoms with E-state index in [4.69, 9.17) is 5.73 Å². The lowest BCUT2D eigenvalue weighted by Crippen LogP contribution is -2.48. The highest BCUT2D eigenvalue weighted by Gasteiger charge is 2.35. The van der Waals surface area contributed by atoms with Crippen molar-refractivity contribution < 1.29 is 27.5 Å². The van der Waals surface area contributed by atoms with E-state index in [-0.39, 0.29) is 36.7 Å². The van der Waals surface area contributed by atoms with Crippen molar-refractivity contribution >= 4 is 17.5 Å². The molecular formula is C22H26F4N6O2. The van der Waals surface area contributed by atoms with E-state index in [1.807, 2.05) is 0 Å². The maximum Gasteiger partial charge on any atom is 0.416 e. The minimum atomic E-state index is -4.41. The maximum atomic E-state index is 15.2. The molecule has 8 nitrogen and oxygen atoms in total. The van der Waals surface area contributed by atoms with Gasteiger partial charge in [-0.2, -0.15) is 17.6 Å². The Morgan fingerprint density at radius 1 is 1.18 bits per heavy atom. The number of nitrogens with two attached hydrogens (primary N) is 1. The summed E-state index contributed by atoms with van der Waals surface area (Å²) < 4.78 is 53.7. The van der Waals surface area contributed by atoms with Gasteiger partial charge in [0.15, 0.2) is 11.6 Å². The normalized spacial score (nSPS) is 23.4. The molecule has 0 spiro atoms. The van der Waals surface area contributed by atoms with E-state index in [0.717, 1.165) is 12.1 Å². The molecule has 3 heterocycles. The summed E-state index contributed by atoms with van der Waals surface area (Å²) in [5, 5.41) is 13.3. The molecule has 4 N–H and O–H groups in total. The molecule has 2 aromatic rings. The Morgan fingerprint density at radius 3 is 2.50 bits per heavy atom. The lowest BCUT2D eigenvalue weighted by atomic mass is 9.93. The number of nitrogens with one attached hydrogen (secondary N) is 1. The summed E-state index contributed by atoms with van der Waals surface area (Å²) in [6, 6.07) is 4.58. The number of benzene rings is 1. The molecule has 2 aliphatic heterocycles. The van der Waals surface area contributed by atoms with Gasteiger partial charge in [0.25, 0.3) is 0 Å². The molecule has 34 heavy (non-hydrogen) atoms. The Labute approximate surface area is 193 Å². The van der Waals surface area contributed by atoms with Gasteiger partial charge in [-0.1, -0.05) is 12.1 Å². The Kier molecular flexibility index (Phi) is 6.89. The van der Waals surface area contributed by atoms with Crippen LogP contribution in [0.5, 0.6) is 0 Å². The first kappa shape index (κ1) is 24.1. The number of amides is 1. The zero-order valence-electron chi connectivity index (χ0n) is 18.3. The van der Waals surface area contributed by atoms with Gasteiger partial charge in [0, 0.05) is 25.6 Å². The number of piperidine rings is 1. The summed E-state index contributed by atoms with van der Waals surface area (Å²) in [5.41, 5.74) is 5.12. The number of aliphatic hydroxyl groups excluding tert-OH is 1. The standard InChI is InChI=1S/C22H26F4N6O2/c23-19-20(28-9-14-5-7-31(10-17(14)33)11-18(27)34)29-12-30-21(19)32-8-6-16(32)13-1-3-15(4-2-13)22(24,25)26/h1-4,12,14,16-17,33H,5-11H2,(H2,27,34)(H,28,29,30)/t14?,16-,17?/m1/s1. The zero-order chi connectivity index (χ0) is 24.5. The number of likely N-dealkylation sites (tertiary alicyclic amines) is 1. The van der Waals surface area contributed by atoms with Gasteiger partial charge in [-0.15, -0.1) is 0 Å². The fraction of sp³-hybridized carbons (Fsp3) is 0.500. The molecule has 2 unspecified atom stereocenters. The lowest BCUT2D eigenvalue weighted by Gasteiger charge is -2.42. The van der Waals surface area contributed by atoms with Crippen molar-refractivity contribution in [2.75, 3.05) is 42.9 Å². The number of carbonyl (C=O) groups is 1. The summed E-state index contributed by atoms with van der Waals surface area (Å²) in [6.07, 6.45) is -2.63. The van der Waals surface area contributed by atoms with E-state index in [9.17, 15) is 23.1 Å². The fourth-order valence-electron chi connectivity index (χ4n) is 4.44. The molecule has 4 rings (SSSR count). The number of aliphatic hydroxyl groups is 1. The molecule has 2 fully saturated rings. The van der Waals surface area contributed by atoms with E-state index in [1.54, 1.807) is 9.80 Å². The number of alkyl halides is 3. The Morgan fingerprint density at radius 2 is 1.91 bits per heavy atom. The van der Waals surface area contributed by atoms with Crippen molar-refractivity contribution in [2.24, 2.45) is 11.7 Å². The highest BCUT2D eigenvalue weighted by atomic mass is 19.4. The van der Waals surface area contributed by atoms with E-state index in [0.29, 0.717) is 38.0 Å². The minimum Gasteiger partial charge on any atom is -0.391 e. The Balaban J connectivity index is 1.40. The molecule has 1 aromatic heterocycles. The third kappa shape index (κ3) is 5.22. The first-order valence-electron chi connectivity index (χ1n) is 11.0. The van der Waals surface area contributed by atoms with Gasteiger partial charge >= 0.3 is 6.18 Å². The highest BCUT2D eigenvalue weighted by Crippen LogP contribution is 2.39. The van der Waals surface area contributed by atoms with Gasteiger partial charge in [-0.3, -0.25) is 9.69 Å². The number of halogens is 4. The van der Waals surface area contributed by atoms with Crippen molar-refractivity contribution in [3.63, 3.8) is 0 Å². The van der Waals surface area contributed by atoms with Crippen LogP contribution >= 0.6 is 0 Å². The lowest BCUT2D eigenvalue weighted by molar-refractivity contribution is -0.137. The van der Waals surface area contributed by atoms with Crippen molar-refractivity contribution in [3.8, 4) is 0 Å². The first-order chi connectivity index (χ1) is 16.1. The molecule has 0 aliphatic carbocycles. The number of aromatic nitrogens is 2. The summed E-state index contributed by atoms with van der Waals surface area (Å²) in [6.45, 7) is 1.76. The topological polar surface area (TPSA) is 108 Å². The predicted molar refractivity (Wildman–Crippen MR) is 116 cm³/mol. The van der Waals surface area contributed by atoms with E-state index in [2.05, 4.69) is 15.3 Å². The van der Waals surface area contributed by atoms with Gasteiger partial charge in [0.1, 0.15) is 6.33 Å². The smallest absolute Gasteiger partial charge is 0.391 e. The van der Waals surface area contributed by atoms with Crippen molar-refractivity contribution in [1.82, 2.24) is 14.9 Å². The summed E-state index contributed by atoms with van der Waals surface area (Å²) in [7, 11) is 0. The number of primary amides is 1.